The topological polar surface area (TPSA) is 198 Å². The number of aliphatic hydroxyl groups is 2. The van der Waals surface area contributed by atoms with Crippen LogP contribution in [0.2, 0.25) is 5.02 Å². The molecule has 0 bridgehead atoms. The zero-order valence-corrected chi connectivity index (χ0v) is 32.7. The number of nitrogens with two attached hydrogens (primary N) is 1. The standard InChI is InChI=1S/C39H43ClN4O6.C3H6O3/c1-26-30(25-50-37-19-36(31(21-42)18-34(37)40)49-24-29-17-28(20-41)22-43-23-29)7-4-8-32(26)33-9-5-10-35(27(33)2)48-16-6-13-44-14-11-39(46,12-15-44)38(45)47-3;4-2-1-3(5)6/h4-5,7-10,17-19,22-23,46H,6,11-16,21,24-25,42H2,1-3H3;4H,1-2H2,(H,5,6). The second kappa shape index (κ2) is 21.2. The molecule has 14 heteroatoms. The van der Waals surface area contributed by atoms with E-state index < -0.39 is 17.5 Å². The summed E-state index contributed by atoms with van der Waals surface area (Å²) < 4.78 is 23.3. The van der Waals surface area contributed by atoms with E-state index in [1.165, 1.54) is 13.3 Å². The van der Waals surface area contributed by atoms with E-state index >= 15 is 0 Å². The second-order valence-corrected chi connectivity index (χ2v) is 13.7. The van der Waals surface area contributed by atoms with Gasteiger partial charge in [0.05, 0.1) is 37.3 Å². The molecule has 0 saturated carbocycles. The average Bonchev–Trinajstić information content (AvgIpc) is 3.20. The maximum absolute atomic E-state index is 11.9. The molecule has 1 aromatic heterocycles. The quantitative estimate of drug-likeness (QED) is 0.0794. The van der Waals surface area contributed by atoms with Gasteiger partial charge in [0.15, 0.2) is 5.60 Å². The number of methoxy groups -OCH3 is 1. The SMILES string of the molecule is COC(=O)C1(O)CCN(CCCOc2cccc(-c3cccc(COc4cc(OCc5cncc(C#N)c5)c(CN)cc4Cl)c3C)c2C)CC1.O=C(O)CCO. The Bertz CT molecular complexity index is 1990. The summed E-state index contributed by atoms with van der Waals surface area (Å²) in [6.45, 7) is 7.25. The molecule has 1 saturated heterocycles. The number of ether oxygens (including phenoxy) is 4. The van der Waals surface area contributed by atoms with Crippen LogP contribution in [0.25, 0.3) is 11.1 Å². The molecule has 0 radical (unpaired) electrons. The maximum atomic E-state index is 11.9. The molecule has 4 aromatic rings. The summed E-state index contributed by atoms with van der Waals surface area (Å²) in [6.07, 6.45) is 4.56. The smallest absolute Gasteiger partial charge is 0.337 e. The number of nitrogens with zero attached hydrogens (tertiary/aromatic N) is 3. The molecule has 3 aromatic carbocycles. The van der Waals surface area contributed by atoms with Crippen LogP contribution in [0.15, 0.2) is 67.0 Å². The van der Waals surface area contributed by atoms with E-state index in [1.807, 2.05) is 24.3 Å². The van der Waals surface area contributed by atoms with Gasteiger partial charge < -0.3 is 44.9 Å². The van der Waals surface area contributed by atoms with Crippen molar-refractivity contribution in [2.75, 3.05) is 40.0 Å². The Morgan fingerprint density at radius 3 is 2.29 bits per heavy atom. The lowest BCUT2D eigenvalue weighted by atomic mass is 9.91. The van der Waals surface area contributed by atoms with Crippen LogP contribution in [0.5, 0.6) is 17.2 Å². The number of carboxylic acid groups (broad SMARTS) is 1. The minimum Gasteiger partial charge on any atom is -0.493 e. The summed E-state index contributed by atoms with van der Waals surface area (Å²) in [6, 6.07) is 19.6. The minimum atomic E-state index is -1.38. The highest BCUT2D eigenvalue weighted by Crippen LogP contribution is 2.36. The molecule has 0 aliphatic carbocycles. The van der Waals surface area contributed by atoms with Crippen LogP contribution >= 0.6 is 11.6 Å². The molecule has 298 valence electrons. The number of carboxylic acids is 1. The number of aliphatic carboxylic acids is 1. The van der Waals surface area contributed by atoms with Gasteiger partial charge in [0.2, 0.25) is 0 Å². The van der Waals surface area contributed by atoms with Gasteiger partial charge in [-0.15, -0.1) is 0 Å². The zero-order valence-electron chi connectivity index (χ0n) is 31.9. The number of carbonyl (C=O) groups excluding carboxylic acids is 1. The number of pyridine rings is 1. The number of nitriles is 1. The first-order valence-corrected chi connectivity index (χ1v) is 18.6. The first kappa shape index (κ1) is 43.5. The Balaban J connectivity index is 0.00000107. The van der Waals surface area contributed by atoms with Gasteiger partial charge in [-0.25, -0.2) is 4.79 Å². The van der Waals surface area contributed by atoms with Gasteiger partial charge in [-0.1, -0.05) is 41.9 Å². The lowest BCUT2D eigenvalue weighted by Gasteiger charge is -2.36. The molecule has 1 fully saturated rings. The molecule has 13 nitrogen and oxygen atoms in total. The van der Waals surface area contributed by atoms with Gasteiger partial charge >= 0.3 is 11.9 Å². The van der Waals surface area contributed by atoms with Crippen molar-refractivity contribution in [3.63, 3.8) is 0 Å². The van der Waals surface area contributed by atoms with Gasteiger partial charge in [0.1, 0.15) is 36.5 Å². The number of aromatic nitrogens is 1. The van der Waals surface area contributed by atoms with Gasteiger partial charge in [-0.3, -0.25) is 9.78 Å². The number of hydrogen-bond donors (Lipinski definition) is 4. The number of aliphatic hydroxyl groups excluding tert-OH is 1. The van der Waals surface area contributed by atoms with Crippen molar-refractivity contribution in [3.05, 3.63) is 105 Å². The zero-order chi connectivity index (χ0) is 40.7. The predicted octanol–water partition coefficient (Wildman–Crippen LogP) is 5.73. The fraction of sp³-hybridized carbons (Fsp3) is 0.381. The van der Waals surface area contributed by atoms with Crippen LogP contribution in [-0.2, 0) is 34.1 Å². The fourth-order valence-electron chi connectivity index (χ4n) is 6.23. The molecule has 2 heterocycles. The Hall–Kier alpha value is -5.23. The average molecular weight is 789 g/mol. The monoisotopic (exact) mass is 788 g/mol. The van der Waals surface area contributed by atoms with E-state index in [4.69, 9.17) is 46.5 Å². The number of hydrogen-bond acceptors (Lipinski definition) is 12. The van der Waals surface area contributed by atoms with E-state index in [0.717, 1.165) is 57.7 Å². The molecule has 5 N–H and O–H groups in total. The molecule has 0 atom stereocenters. The Morgan fingerprint density at radius 2 is 1.64 bits per heavy atom. The van der Waals surface area contributed by atoms with Crippen molar-refractivity contribution in [1.82, 2.24) is 9.88 Å². The fourth-order valence-corrected chi connectivity index (χ4v) is 6.47. The van der Waals surface area contributed by atoms with Crippen LogP contribution in [0, 0.1) is 25.2 Å². The molecule has 5 rings (SSSR count). The van der Waals surface area contributed by atoms with Crippen molar-refractivity contribution in [3.8, 4) is 34.4 Å². The Kier molecular flexibility index (Phi) is 16.4. The van der Waals surface area contributed by atoms with Crippen LogP contribution < -0.4 is 19.9 Å². The number of likely N-dealkylation sites (tertiary alicyclic amines) is 1. The van der Waals surface area contributed by atoms with Crippen LogP contribution in [-0.4, -0.2) is 82.7 Å². The van der Waals surface area contributed by atoms with Crippen LogP contribution in [0.4, 0.5) is 0 Å². The van der Waals surface area contributed by atoms with Crippen molar-refractivity contribution >= 4 is 23.5 Å². The van der Waals surface area contributed by atoms with Crippen LogP contribution in [0.3, 0.4) is 0 Å². The minimum absolute atomic E-state index is 0.153. The van der Waals surface area contributed by atoms with Crippen molar-refractivity contribution < 1.29 is 43.9 Å². The van der Waals surface area contributed by atoms with Crippen molar-refractivity contribution in [2.45, 2.75) is 64.9 Å². The number of rotatable bonds is 16. The number of halogens is 1. The molecule has 1 aliphatic heterocycles. The third-order valence-corrected chi connectivity index (χ3v) is 9.80. The van der Waals surface area contributed by atoms with Crippen molar-refractivity contribution in [1.29, 1.82) is 5.26 Å². The number of piperidine rings is 1. The lowest BCUT2D eigenvalue weighted by molar-refractivity contribution is -0.167. The summed E-state index contributed by atoms with van der Waals surface area (Å²) in [7, 11) is 1.31. The molecule has 56 heavy (non-hydrogen) atoms. The summed E-state index contributed by atoms with van der Waals surface area (Å²) >= 11 is 6.61. The number of carbonyl (C=O) groups is 2. The summed E-state index contributed by atoms with van der Waals surface area (Å²) in [5, 5.41) is 35.7. The first-order valence-electron chi connectivity index (χ1n) is 18.2. The van der Waals surface area contributed by atoms with Crippen molar-refractivity contribution in [2.24, 2.45) is 5.73 Å². The highest BCUT2D eigenvalue weighted by Gasteiger charge is 2.40. The van der Waals surface area contributed by atoms with Gasteiger partial charge in [0.25, 0.3) is 0 Å². The van der Waals surface area contributed by atoms with Gasteiger partial charge in [0, 0.05) is 55.8 Å². The van der Waals surface area contributed by atoms with E-state index in [0.29, 0.717) is 54.6 Å². The molecular weight excluding hydrogens is 740 g/mol. The van der Waals surface area contributed by atoms with E-state index in [2.05, 4.69) is 41.9 Å². The predicted molar refractivity (Wildman–Crippen MR) is 210 cm³/mol. The Morgan fingerprint density at radius 1 is 0.946 bits per heavy atom. The Labute approximate surface area is 332 Å². The van der Waals surface area contributed by atoms with Gasteiger partial charge in [-0.05, 0) is 79.1 Å². The summed E-state index contributed by atoms with van der Waals surface area (Å²) in [4.78, 5) is 27.7. The van der Waals surface area contributed by atoms with Crippen LogP contribution in [0.1, 0.15) is 59.1 Å². The van der Waals surface area contributed by atoms with E-state index in [1.54, 1.807) is 24.4 Å². The van der Waals surface area contributed by atoms with E-state index in [9.17, 15) is 20.0 Å². The lowest BCUT2D eigenvalue weighted by Crippen LogP contribution is -2.50. The molecular formula is C42H49ClN4O9. The van der Waals surface area contributed by atoms with E-state index in [-0.39, 0.29) is 32.8 Å². The second-order valence-electron chi connectivity index (χ2n) is 13.3. The highest BCUT2D eigenvalue weighted by atomic mass is 35.5. The maximum Gasteiger partial charge on any atom is 0.337 e. The molecule has 0 amide bonds. The normalized spacial score (nSPS) is 13.5. The first-order chi connectivity index (χ1) is 26.9. The highest BCUT2D eigenvalue weighted by molar-refractivity contribution is 6.32. The molecule has 0 unspecified atom stereocenters. The molecule has 0 spiro atoms. The largest absolute Gasteiger partial charge is 0.493 e. The third-order valence-electron chi connectivity index (χ3n) is 9.51. The molecule has 1 aliphatic rings. The summed E-state index contributed by atoms with van der Waals surface area (Å²) in [5.74, 6) is 0.340. The number of benzene rings is 3. The summed E-state index contributed by atoms with van der Waals surface area (Å²) in [5.41, 5.74) is 11.9. The number of esters is 1. The third kappa shape index (κ3) is 11.9. The van der Waals surface area contributed by atoms with Gasteiger partial charge in [-0.2, -0.15) is 5.26 Å².